The van der Waals surface area contributed by atoms with E-state index in [1.54, 1.807) is 32.0 Å². The van der Waals surface area contributed by atoms with Crippen molar-refractivity contribution in [2.45, 2.75) is 13.8 Å². The molecule has 12 heteroatoms. The molecule has 0 radical (unpaired) electrons. The summed E-state index contributed by atoms with van der Waals surface area (Å²) in [4.78, 5) is 49.3. The predicted octanol–water partition coefficient (Wildman–Crippen LogP) is 3.35. The Morgan fingerprint density at radius 1 is 0.974 bits per heavy atom. The van der Waals surface area contributed by atoms with E-state index in [0.29, 0.717) is 22.5 Å². The minimum atomic E-state index is -0.876. The van der Waals surface area contributed by atoms with Crippen LogP contribution in [0.2, 0.25) is 0 Å². The molecule has 0 aliphatic carbocycles. The number of nitrogens with zero attached hydrogens (tertiary/aromatic N) is 5. The maximum Gasteiger partial charge on any atom is 0.298 e. The van der Waals surface area contributed by atoms with Gasteiger partial charge in [-0.05, 0) is 44.2 Å². The van der Waals surface area contributed by atoms with Crippen LogP contribution in [0.4, 0.5) is 10.2 Å². The standard InChI is InChI=1S/C26H19FN8O3/c1-13-11-20(30-25(38)22(36)21-14(2)29-19-6-4-3-5-17(19)21)35(33-13)26-31-23-18(24(37)32-26)12-28-34(23)16-9-7-15(27)8-10-16/h3-12,29H,1-2H3,(H,30,38)(H,31,32,37). The number of amides is 1. The van der Waals surface area contributed by atoms with Crippen molar-refractivity contribution in [2.75, 3.05) is 5.32 Å². The number of benzene rings is 2. The summed E-state index contributed by atoms with van der Waals surface area (Å²) in [5.41, 5.74) is 2.30. The number of aromatic amines is 2. The van der Waals surface area contributed by atoms with Crippen LogP contribution in [-0.4, -0.2) is 46.2 Å². The zero-order valence-corrected chi connectivity index (χ0v) is 20.1. The molecule has 0 atom stereocenters. The summed E-state index contributed by atoms with van der Waals surface area (Å²) in [5, 5.41) is 12.0. The molecule has 0 aliphatic heterocycles. The fourth-order valence-electron chi connectivity index (χ4n) is 4.38. The smallest absolute Gasteiger partial charge is 0.298 e. The summed E-state index contributed by atoms with van der Waals surface area (Å²) in [6, 6.07) is 14.3. The largest absolute Gasteiger partial charge is 0.358 e. The molecule has 0 spiro atoms. The number of anilines is 1. The molecule has 0 saturated heterocycles. The number of hydrogen-bond acceptors (Lipinski definition) is 6. The first-order chi connectivity index (χ1) is 18.3. The molecule has 4 heterocycles. The van der Waals surface area contributed by atoms with Crippen LogP contribution in [0.3, 0.4) is 0 Å². The van der Waals surface area contributed by atoms with Crippen molar-refractivity contribution in [3.8, 4) is 11.6 Å². The Hall–Kier alpha value is -5.39. The Balaban J connectivity index is 1.39. The Bertz CT molecular complexity index is 1950. The van der Waals surface area contributed by atoms with Gasteiger partial charge in [0.25, 0.3) is 17.2 Å². The van der Waals surface area contributed by atoms with E-state index in [1.807, 2.05) is 12.1 Å². The molecular formula is C26H19FN8O3. The quantitative estimate of drug-likeness (QED) is 0.240. The second kappa shape index (κ2) is 8.62. The van der Waals surface area contributed by atoms with Crippen LogP contribution >= 0.6 is 0 Å². The van der Waals surface area contributed by atoms with Crippen molar-refractivity contribution in [3.63, 3.8) is 0 Å². The number of H-pyrrole nitrogens is 2. The summed E-state index contributed by atoms with van der Waals surface area (Å²) in [7, 11) is 0. The minimum Gasteiger partial charge on any atom is -0.358 e. The van der Waals surface area contributed by atoms with E-state index in [4.69, 9.17) is 0 Å². The summed E-state index contributed by atoms with van der Waals surface area (Å²) >= 11 is 0. The lowest BCUT2D eigenvalue weighted by Crippen LogP contribution is -2.25. The zero-order valence-electron chi connectivity index (χ0n) is 20.1. The Labute approximate surface area is 212 Å². The first kappa shape index (κ1) is 23.0. The van der Waals surface area contributed by atoms with E-state index < -0.39 is 23.1 Å². The second-order valence-electron chi connectivity index (χ2n) is 8.70. The second-order valence-corrected chi connectivity index (χ2v) is 8.70. The number of aromatic nitrogens is 7. The lowest BCUT2D eigenvalue weighted by Gasteiger charge is -2.09. The molecule has 188 valence electrons. The number of hydrogen-bond donors (Lipinski definition) is 3. The molecule has 3 N–H and O–H groups in total. The number of carbonyl (C=O) groups is 2. The lowest BCUT2D eigenvalue weighted by atomic mass is 10.1. The molecule has 0 unspecified atom stereocenters. The fourth-order valence-corrected chi connectivity index (χ4v) is 4.38. The number of para-hydroxylation sites is 1. The monoisotopic (exact) mass is 510 g/mol. The first-order valence-corrected chi connectivity index (χ1v) is 11.5. The Morgan fingerprint density at radius 2 is 1.74 bits per heavy atom. The third-order valence-electron chi connectivity index (χ3n) is 6.10. The normalized spacial score (nSPS) is 11.3. The van der Waals surface area contributed by atoms with Gasteiger partial charge in [0.05, 0.1) is 23.1 Å². The Morgan fingerprint density at radius 3 is 2.53 bits per heavy atom. The van der Waals surface area contributed by atoms with Gasteiger partial charge in [0.15, 0.2) is 5.65 Å². The van der Waals surface area contributed by atoms with Gasteiger partial charge in [0, 0.05) is 22.7 Å². The van der Waals surface area contributed by atoms with Crippen LogP contribution < -0.4 is 10.9 Å². The van der Waals surface area contributed by atoms with Crippen LogP contribution in [0, 0.1) is 19.7 Å². The van der Waals surface area contributed by atoms with Crippen molar-refractivity contribution in [1.29, 1.82) is 0 Å². The number of rotatable bonds is 5. The number of nitrogens with one attached hydrogen (secondary N) is 3. The van der Waals surface area contributed by atoms with Gasteiger partial charge in [-0.2, -0.15) is 19.9 Å². The van der Waals surface area contributed by atoms with Gasteiger partial charge in [-0.1, -0.05) is 18.2 Å². The van der Waals surface area contributed by atoms with E-state index in [1.165, 1.54) is 39.8 Å². The minimum absolute atomic E-state index is 0.00881. The number of ketones is 1. The van der Waals surface area contributed by atoms with E-state index in [-0.39, 0.29) is 28.4 Å². The van der Waals surface area contributed by atoms with Gasteiger partial charge in [-0.3, -0.25) is 19.4 Å². The number of halogens is 1. The molecule has 0 saturated carbocycles. The van der Waals surface area contributed by atoms with Crippen LogP contribution in [0.15, 0.2) is 65.6 Å². The maximum absolute atomic E-state index is 13.4. The highest BCUT2D eigenvalue weighted by molar-refractivity contribution is 6.48. The maximum atomic E-state index is 13.4. The number of fused-ring (bicyclic) bond motifs is 2. The highest BCUT2D eigenvalue weighted by Crippen LogP contribution is 2.23. The highest BCUT2D eigenvalue weighted by Gasteiger charge is 2.25. The molecule has 6 aromatic rings. The SMILES string of the molecule is Cc1cc(NC(=O)C(=O)c2c(C)[nH]c3ccccc23)n(-c2nc3c(cnn3-c3ccc(F)cc3)c(=O)[nH]2)n1. The van der Waals surface area contributed by atoms with E-state index in [0.717, 1.165) is 5.52 Å². The molecule has 0 fully saturated rings. The van der Waals surface area contributed by atoms with E-state index in [9.17, 15) is 18.8 Å². The molecule has 2 aromatic carbocycles. The molecule has 11 nitrogen and oxygen atoms in total. The van der Waals surface area contributed by atoms with Crippen LogP contribution in [0.25, 0.3) is 33.6 Å². The van der Waals surface area contributed by atoms with Gasteiger partial charge >= 0.3 is 0 Å². The van der Waals surface area contributed by atoms with Gasteiger partial charge < -0.3 is 10.3 Å². The van der Waals surface area contributed by atoms with Crippen molar-refractivity contribution in [2.24, 2.45) is 0 Å². The van der Waals surface area contributed by atoms with Gasteiger partial charge in [-0.25, -0.2) is 9.07 Å². The third kappa shape index (κ3) is 3.75. The number of Topliss-reactive ketones (excluding diaryl/α,β-unsaturated/α-hetero) is 1. The van der Waals surface area contributed by atoms with E-state index in [2.05, 4.69) is 30.5 Å². The topological polar surface area (TPSA) is 143 Å². The van der Waals surface area contributed by atoms with Crippen LogP contribution in [0.5, 0.6) is 0 Å². The van der Waals surface area contributed by atoms with Gasteiger partial charge in [-0.15, -0.1) is 0 Å². The molecule has 4 aromatic heterocycles. The van der Waals surface area contributed by atoms with Crippen LogP contribution in [-0.2, 0) is 4.79 Å². The number of carbonyl (C=O) groups excluding carboxylic acids is 2. The van der Waals surface area contributed by atoms with E-state index >= 15 is 0 Å². The summed E-state index contributed by atoms with van der Waals surface area (Å²) in [6.07, 6.45) is 1.35. The predicted molar refractivity (Wildman–Crippen MR) is 137 cm³/mol. The third-order valence-corrected chi connectivity index (χ3v) is 6.10. The van der Waals surface area contributed by atoms with Gasteiger partial charge in [0.2, 0.25) is 5.95 Å². The molecule has 0 bridgehead atoms. The first-order valence-electron chi connectivity index (χ1n) is 11.5. The average molecular weight is 510 g/mol. The summed E-state index contributed by atoms with van der Waals surface area (Å²) in [6.45, 7) is 3.42. The van der Waals surface area contributed by atoms with Crippen molar-refractivity contribution in [3.05, 3.63) is 93.9 Å². The summed E-state index contributed by atoms with van der Waals surface area (Å²) < 4.78 is 16.0. The molecule has 1 amide bonds. The highest BCUT2D eigenvalue weighted by atomic mass is 19.1. The number of aryl methyl sites for hydroxylation is 2. The van der Waals surface area contributed by atoms with Crippen molar-refractivity contribution >= 4 is 39.4 Å². The lowest BCUT2D eigenvalue weighted by molar-refractivity contribution is -0.112. The molecule has 38 heavy (non-hydrogen) atoms. The molecule has 6 rings (SSSR count). The Kier molecular flexibility index (Phi) is 5.23. The van der Waals surface area contributed by atoms with Crippen molar-refractivity contribution < 1.29 is 14.0 Å². The molecular weight excluding hydrogens is 491 g/mol. The molecule has 0 aliphatic rings. The average Bonchev–Trinajstić information content (AvgIpc) is 3.58. The fraction of sp³-hybridized carbons (Fsp3) is 0.0769. The van der Waals surface area contributed by atoms with Gasteiger partial charge in [0.1, 0.15) is 17.0 Å². The zero-order chi connectivity index (χ0) is 26.6. The van der Waals surface area contributed by atoms with Crippen molar-refractivity contribution in [1.82, 2.24) is 34.5 Å². The summed E-state index contributed by atoms with van der Waals surface area (Å²) in [5.74, 6) is -1.89. The van der Waals surface area contributed by atoms with Crippen LogP contribution in [0.1, 0.15) is 21.7 Å².